The number of hydrogen-bond donors (Lipinski definition) is 0. The van der Waals surface area contributed by atoms with E-state index in [1.807, 2.05) is 0 Å². The van der Waals surface area contributed by atoms with E-state index in [0.717, 1.165) is 0 Å². The molecule has 0 heterocycles. The molecule has 0 aliphatic carbocycles. The van der Waals surface area contributed by atoms with Gasteiger partial charge in [0.05, 0.1) is 23.5 Å². The van der Waals surface area contributed by atoms with Gasteiger partial charge in [0.2, 0.25) is 0 Å². The van der Waals surface area contributed by atoms with Crippen LogP contribution >= 0.6 is 0 Å². The maximum Gasteiger partial charge on any atom is 0.0724 e. The molecule has 0 aromatic heterocycles. The van der Waals surface area contributed by atoms with Crippen molar-refractivity contribution in [3.8, 4) is 0 Å². The number of rotatable bonds is 4. The van der Waals surface area contributed by atoms with Crippen molar-refractivity contribution >= 4 is 23.5 Å². The fourth-order valence-corrected chi connectivity index (χ4v) is 0.598. The van der Waals surface area contributed by atoms with Crippen LogP contribution in [0.1, 0.15) is 0 Å². The molecule has 0 N–H and O–H groups in total. The molecule has 0 aromatic rings. The topological polar surface area (TPSA) is 9.23 Å². The maximum atomic E-state index is 5.51. The Labute approximate surface area is 60.8 Å². The van der Waals surface area contributed by atoms with Crippen LogP contribution < -0.4 is 0 Å². The second-order valence-electron chi connectivity index (χ2n) is 1.91. The lowest BCUT2D eigenvalue weighted by atomic mass is 9.70. The first-order chi connectivity index (χ1) is 4.26. The summed E-state index contributed by atoms with van der Waals surface area (Å²) in [4.78, 5) is 0. The molecule has 9 heavy (non-hydrogen) atoms. The number of ether oxygens (including phenoxy) is 1. The number of hydrogen-bond acceptors (Lipinski definition) is 1. The van der Waals surface area contributed by atoms with Crippen LogP contribution in [0.15, 0.2) is 0 Å². The van der Waals surface area contributed by atoms with Gasteiger partial charge in [0.1, 0.15) is 0 Å². The molecule has 1 nitrogen and oxygen atoms in total. The molecule has 0 spiro atoms. The Morgan fingerprint density at radius 3 is 2.00 bits per heavy atom. The second-order valence-corrected chi connectivity index (χ2v) is 1.91. The Bertz CT molecular complexity index is 65.2. The molecule has 0 aliphatic rings. The lowest BCUT2D eigenvalue weighted by Crippen LogP contribution is -2.17. The Balaban J connectivity index is 3.50. The average molecular weight is 118 g/mol. The Hall–Kier alpha value is 0.155. The minimum absolute atomic E-state index is 0.102. The zero-order valence-corrected chi connectivity index (χ0v) is 5.71. The molecule has 1 unspecified atom stereocenters. The van der Waals surface area contributed by atoms with Crippen molar-refractivity contribution in [3.63, 3.8) is 0 Å². The normalized spacial score (nSPS) is 17.0. The Morgan fingerprint density at radius 1 is 1.33 bits per heavy atom. The van der Waals surface area contributed by atoms with Crippen molar-refractivity contribution in [2.24, 2.45) is 0 Å². The van der Waals surface area contributed by atoms with E-state index < -0.39 is 0 Å². The molecule has 0 aromatic carbocycles. The molecule has 0 saturated carbocycles. The average Bonchev–Trinajstić information content (AvgIpc) is 1.90. The van der Waals surface area contributed by atoms with Gasteiger partial charge < -0.3 is 4.74 Å². The zero-order valence-electron chi connectivity index (χ0n) is 5.71. The molecule has 0 rings (SSSR count). The third kappa shape index (κ3) is 3.00. The van der Waals surface area contributed by atoms with Gasteiger partial charge in [-0.05, 0) is 0 Å². The van der Waals surface area contributed by atoms with Gasteiger partial charge in [0.25, 0.3) is 0 Å². The van der Waals surface area contributed by atoms with Crippen LogP contribution in [-0.4, -0.2) is 36.8 Å². The highest BCUT2D eigenvalue weighted by atomic mass is 16.5. The quantitative estimate of drug-likeness (QED) is 0.476. The summed E-state index contributed by atoms with van der Waals surface area (Å²) in [5.74, 6) is -0.139. The molecule has 4 heteroatoms. The molecule has 2 atom stereocenters. The van der Waals surface area contributed by atoms with Gasteiger partial charge in [-0.1, -0.05) is 18.5 Å². The second kappa shape index (κ2) is 4.98. The molecule has 6 radical (unpaired) electrons. The van der Waals surface area contributed by atoms with Gasteiger partial charge in [-0.3, -0.25) is 0 Å². The first-order valence-corrected chi connectivity index (χ1v) is 2.94. The Kier molecular flexibility index (Phi) is 5.07. The summed E-state index contributed by atoms with van der Waals surface area (Å²) in [6, 6.07) is 0. The molecule has 0 aliphatic heterocycles. The van der Waals surface area contributed by atoms with E-state index in [4.69, 9.17) is 28.3 Å². The molecule has 0 amide bonds. The smallest absolute Gasteiger partial charge is 0.0724 e. The van der Waals surface area contributed by atoms with Crippen LogP contribution in [0.5, 0.6) is 0 Å². The van der Waals surface area contributed by atoms with Crippen molar-refractivity contribution in [1.29, 1.82) is 0 Å². The zero-order chi connectivity index (χ0) is 7.28. The number of methoxy groups -OCH3 is 1. The van der Waals surface area contributed by atoms with E-state index >= 15 is 0 Å². The van der Waals surface area contributed by atoms with E-state index in [2.05, 4.69) is 0 Å². The molecular weight excluding hydrogens is 108 g/mol. The SMILES string of the molecule is [B]CC(OC)[C@@H]([B])C[B]. The highest BCUT2D eigenvalue weighted by Gasteiger charge is 2.09. The van der Waals surface area contributed by atoms with Gasteiger partial charge in [-0.25, -0.2) is 0 Å². The summed E-state index contributed by atoms with van der Waals surface area (Å²) in [6.07, 6.45) is 0.736. The Morgan fingerprint density at radius 2 is 1.89 bits per heavy atom. The predicted octanol–water partition coefficient (Wildman–Crippen LogP) is 0.132. The van der Waals surface area contributed by atoms with Gasteiger partial charge in [0, 0.05) is 13.2 Å². The van der Waals surface area contributed by atoms with Crippen molar-refractivity contribution in [1.82, 2.24) is 0 Å². The van der Waals surface area contributed by atoms with Crippen LogP contribution in [0, 0.1) is 0 Å². The van der Waals surface area contributed by atoms with E-state index in [0.29, 0.717) is 12.6 Å². The summed E-state index contributed by atoms with van der Waals surface area (Å²) in [7, 11) is 17.6. The summed E-state index contributed by atoms with van der Waals surface area (Å²) < 4.78 is 4.92. The first-order valence-electron chi connectivity index (χ1n) is 2.94. The van der Waals surface area contributed by atoms with Crippen LogP contribution in [0.3, 0.4) is 0 Å². The lowest BCUT2D eigenvalue weighted by molar-refractivity contribution is 0.116. The van der Waals surface area contributed by atoms with Crippen molar-refractivity contribution in [3.05, 3.63) is 0 Å². The van der Waals surface area contributed by atoms with E-state index in [1.165, 1.54) is 0 Å². The molecule has 0 bridgehead atoms. The molecule has 0 fully saturated rings. The molecular formula is C5H9B3O. The maximum absolute atomic E-state index is 5.51. The fraction of sp³-hybridized carbons (Fsp3) is 1.00. The summed E-state index contributed by atoms with van der Waals surface area (Å²) >= 11 is 0. The summed E-state index contributed by atoms with van der Waals surface area (Å²) in [5.41, 5.74) is 0. The van der Waals surface area contributed by atoms with Crippen molar-refractivity contribution in [2.45, 2.75) is 24.6 Å². The van der Waals surface area contributed by atoms with Crippen LogP contribution in [0.2, 0.25) is 18.5 Å². The summed E-state index contributed by atoms with van der Waals surface area (Å²) in [6.45, 7) is 0. The van der Waals surface area contributed by atoms with Crippen LogP contribution in [0.25, 0.3) is 0 Å². The van der Waals surface area contributed by atoms with Crippen molar-refractivity contribution in [2.75, 3.05) is 7.11 Å². The minimum Gasteiger partial charge on any atom is -0.383 e. The van der Waals surface area contributed by atoms with E-state index in [9.17, 15) is 0 Å². The van der Waals surface area contributed by atoms with Gasteiger partial charge in [-0.15, -0.1) is 0 Å². The van der Waals surface area contributed by atoms with Crippen molar-refractivity contribution < 1.29 is 4.74 Å². The first kappa shape index (κ1) is 9.15. The van der Waals surface area contributed by atoms with E-state index in [1.54, 1.807) is 7.11 Å². The van der Waals surface area contributed by atoms with Gasteiger partial charge in [-0.2, -0.15) is 0 Å². The predicted molar refractivity (Wildman–Crippen MR) is 41.4 cm³/mol. The van der Waals surface area contributed by atoms with E-state index in [-0.39, 0.29) is 11.9 Å². The van der Waals surface area contributed by atoms with Crippen LogP contribution in [-0.2, 0) is 4.74 Å². The highest BCUT2D eigenvalue weighted by Crippen LogP contribution is 2.15. The summed E-state index contributed by atoms with van der Waals surface area (Å²) in [5, 5.41) is 0. The monoisotopic (exact) mass is 118 g/mol. The minimum atomic E-state index is -0.139. The molecule has 44 valence electrons. The third-order valence-corrected chi connectivity index (χ3v) is 1.28. The standard InChI is InChI=1S/C5H9B3O/c1-9-5(3-7)4(8)2-6/h4-5H,2-3H2,1H3/t4-,5?/m0/s1. The van der Waals surface area contributed by atoms with Crippen LogP contribution in [0.4, 0.5) is 0 Å². The largest absolute Gasteiger partial charge is 0.383 e. The highest BCUT2D eigenvalue weighted by molar-refractivity contribution is 6.20. The molecule has 0 saturated heterocycles. The van der Waals surface area contributed by atoms with Gasteiger partial charge in [0.15, 0.2) is 0 Å². The fourth-order valence-electron chi connectivity index (χ4n) is 0.598. The lowest BCUT2D eigenvalue weighted by Gasteiger charge is -2.19. The third-order valence-electron chi connectivity index (χ3n) is 1.28. The van der Waals surface area contributed by atoms with Gasteiger partial charge >= 0.3 is 0 Å².